The van der Waals surface area contributed by atoms with Crippen LogP contribution in [0.1, 0.15) is 68.1 Å². The van der Waals surface area contributed by atoms with Gasteiger partial charge in [-0.3, -0.25) is 0 Å². The molecule has 2 aromatic carbocycles. The van der Waals surface area contributed by atoms with Crippen molar-refractivity contribution in [2.45, 2.75) is 63.9 Å². The summed E-state index contributed by atoms with van der Waals surface area (Å²) >= 11 is 0. The third-order valence-corrected chi connectivity index (χ3v) is 6.09. The van der Waals surface area contributed by atoms with Gasteiger partial charge in [0.2, 0.25) is 0 Å². The minimum Gasteiger partial charge on any atom is -0.316 e. The summed E-state index contributed by atoms with van der Waals surface area (Å²) in [6, 6.07) is 3.16. The van der Waals surface area contributed by atoms with Crippen LogP contribution >= 0.6 is 0 Å². The number of benzene rings is 2. The average molecular weight is 462 g/mol. The van der Waals surface area contributed by atoms with E-state index >= 15 is 0 Å². The van der Waals surface area contributed by atoms with E-state index in [2.05, 4.69) is 11.7 Å². The number of hydrogen-bond acceptors (Lipinski definition) is 1. The van der Waals surface area contributed by atoms with Crippen molar-refractivity contribution in [3.8, 4) is 0 Å². The van der Waals surface area contributed by atoms with Crippen molar-refractivity contribution >= 4 is 0 Å². The molecule has 0 amide bonds. The fourth-order valence-corrected chi connectivity index (χ4v) is 4.42. The summed E-state index contributed by atoms with van der Waals surface area (Å²) in [5, 5.41) is 0. The van der Waals surface area contributed by atoms with Gasteiger partial charge >= 0.3 is 6.11 Å². The lowest BCUT2D eigenvalue weighted by Gasteiger charge is -2.29. The van der Waals surface area contributed by atoms with Gasteiger partial charge in [0.1, 0.15) is 17.2 Å². The predicted octanol–water partition coefficient (Wildman–Crippen LogP) is 7.76. The molecule has 8 heteroatoms. The molecule has 0 atom stereocenters. The fraction of sp³-hybridized carbons (Fsp3) is 0.500. The molecule has 1 aliphatic carbocycles. The zero-order valence-electron chi connectivity index (χ0n) is 17.7. The van der Waals surface area contributed by atoms with E-state index in [4.69, 9.17) is 0 Å². The number of halogens is 7. The van der Waals surface area contributed by atoms with Crippen LogP contribution in [-0.4, -0.2) is 6.61 Å². The Morgan fingerprint density at radius 1 is 0.844 bits per heavy atom. The molecule has 1 fully saturated rings. The molecule has 0 N–H and O–H groups in total. The Bertz CT molecular complexity index is 890. The lowest BCUT2D eigenvalue weighted by atomic mass is 9.77. The topological polar surface area (TPSA) is 9.23 Å². The van der Waals surface area contributed by atoms with E-state index in [1.165, 1.54) is 0 Å². The largest absolute Gasteiger partial charge is 0.389 e. The van der Waals surface area contributed by atoms with Gasteiger partial charge in [0, 0.05) is 0 Å². The highest BCUT2D eigenvalue weighted by Crippen LogP contribution is 2.40. The average Bonchev–Trinajstić information content (AvgIpc) is 2.72. The molecule has 176 valence electrons. The summed E-state index contributed by atoms with van der Waals surface area (Å²) < 4.78 is 102. The normalized spacial score (nSPS) is 19.4. The van der Waals surface area contributed by atoms with Crippen LogP contribution in [-0.2, 0) is 17.3 Å². The van der Waals surface area contributed by atoms with Crippen LogP contribution in [0, 0.1) is 35.0 Å². The van der Waals surface area contributed by atoms with Gasteiger partial charge in [-0.05, 0) is 79.3 Å². The summed E-state index contributed by atoms with van der Waals surface area (Å²) in [5.41, 5.74) is -1.28. The van der Waals surface area contributed by atoms with Crippen molar-refractivity contribution in [2.75, 3.05) is 6.61 Å². The molecule has 3 rings (SSSR count). The Labute approximate surface area is 182 Å². The lowest BCUT2D eigenvalue weighted by molar-refractivity contribution is -0.251. The van der Waals surface area contributed by atoms with Gasteiger partial charge in [-0.25, -0.2) is 22.0 Å². The van der Waals surface area contributed by atoms with Crippen molar-refractivity contribution in [3.63, 3.8) is 0 Å². The van der Waals surface area contributed by atoms with Crippen LogP contribution in [0.3, 0.4) is 0 Å². The molecule has 0 bridgehead atoms. The second-order valence-corrected chi connectivity index (χ2v) is 8.35. The molecule has 2 aromatic rings. The van der Waals surface area contributed by atoms with E-state index in [1.807, 2.05) is 0 Å². The number of ether oxygens (including phenoxy) is 1. The fourth-order valence-electron chi connectivity index (χ4n) is 4.42. The second kappa shape index (κ2) is 10.2. The highest BCUT2D eigenvalue weighted by Gasteiger charge is 2.40. The van der Waals surface area contributed by atoms with Gasteiger partial charge in [0.05, 0.1) is 6.61 Å². The van der Waals surface area contributed by atoms with Crippen LogP contribution in [0.25, 0.3) is 0 Å². The SMILES string of the molecule is CCCC1CCC(c2cc(F)c(C(F)(F)OCCc3cc(F)c(F)c(F)c3)c(F)c2)CC1. The van der Waals surface area contributed by atoms with E-state index in [0.717, 1.165) is 50.7 Å². The summed E-state index contributed by atoms with van der Waals surface area (Å²) in [6.07, 6.45) is 0.860. The number of alkyl halides is 2. The van der Waals surface area contributed by atoms with E-state index in [-0.39, 0.29) is 11.5 Å². The molecule has 1 nitrogen and oxygen atoms in total. The minimum absolute atomic E-state index is 0.0843. The quantitative estimate of drug-likeness (QED) is 0.288. The van der Waals surface area contributed by atoms with E-state index in [9.17, 15) is 30.7 Å². The lowest BCUT2D eigenvalue weighted by Crippen LogP contribution is -2.24. The number of hydrogen-bond donors (Lipinski definition) is 0. The molecule has 1 aliphatic rings. The standard InChI is InChI=1S/C24H25F7O/c1-2-3-14-4-6-16(7-5-14)17-12-18(25)22(19(26)13-17)24(30,31)32-9-8-15-10-20(27)23(29)21(28)11-15/h10-14,16H,2-9H2,1H3. The smallest absolute Gasteiger partial charge is 0.316 e. The van der Waals surface area contributed by atoms with Crippen molar-refractivity contribution < 1.29 is 35.5 Å². The summed E-state index contributed by atoms with van der Waals surface area (Å²) in [5.74, 6) is -6.92. The van der Waals surface area contributed by atoms with Crippen molar-refractivity contribution in [1.29, 1.82) is 0 Å². The van der Waals surface area contributed by atoms with Crippen LogP contribution in [0.2, 0.25) is 0 Å². The second-order valence-electron chi connectivity index (χ2n) is 8.35. The maximum atomic E-state index is 14.5. The molecule has 1 saturated carbocycles. The van der Waals surface area contributed by atoms with Gasteiger partial charge in [0.15, 0.2) is 17.5 Å². The first kappa shape index (κ1) is 24.6. The summed E-state index contributed by atoms with van der Waals surface area (Å²) in [6.45, 7) is 1.31. The summed E-state index contributed by atoms with van der Waals surface area (Å²) in [4.78, 5) is 0. The molecule has 0 radical (unpaired) electrons. The summed E-state index contributed by atoms with van der Waals surface area (Å²) in [7, 11) is 0. The van der Waals surface area contributed by atoms with Gasteiger partial charge in [-0.1, -0.05) is 19.8 Å². The van der Waals surface area contributed by atoms with Crippen LogP contribution in [0.15, 0.2) is 24.3 Å². The van der Waals surface area contributed by atoms with Crippen LogP contribution in [0.5, 0.6) is 0 Å². The highest BCUT2D eigenvalue weighted by molar-refractivity contribution is 5.31. The highest BCUT2D eigenvalue weighted by atomic mass is 19.3. The zero-order valence-corrected chi connectivity index (χ0v) is 17.7. The molecule has 0 saturated heterocycles. The molecular weight excluding hydrogens is 437 g/mol. The van der Waals surface area contributed by atoms with Gasteiger partial charge in [0.25, 0.3) is 0 Å². The van der Waals surface area contributed by atoms with Crippen LogP contribution < -0.4 is 0 Å². The van der Waals surface area contributed by atoms with Crippen LogP contribution in [0.4, 0.5) is 30.7 Å². The third-order valence-electron chi connectivity index (χ3n) is 6.09. The molecule has 0 aliphatic heterocycles. The molecule has 0 unspecified atom stereocenters. The number of rotatable bonds is 8. The minimum atomic E-state index is -4.29. The first-order valence-electron chi connectivity index (χ1n) is 10.8. The molecule has 0 heterocycles. The Hall–Kier alpha value is -2.09. The zero-order chi connectivity index (χ0) is 23.5. The van der Waals surface area contributed by atoms with E-state index < -0.39 is 53.8 Å². The van der Waals surface area contributed by atoms with Crippen molar-refractivity contribution in [2.24, 2.45) is 5.92 Å². The van der Waals surface area contributed by atoms with Crippen molar-refractivity contribution in [1.82, 2.24) is 0 Å². The maximum absolute atomic E-state index is 14.5. The Kier molecular flexibility index (Phi) is 7.85. The van der Waals surface area contributed by atoms with Gasteiger partial charge in [-0.15, -0.1) is 0 Å². The Morgan fingerprint density at radius 3 is 1.94 bits per heavy atom. The molecule has 0 spiro atoms. The monoisotopic (exact) mass is 462 g/mol. The Morgan fingerprint density at radius 2 is 1.41 bits per heavy atom. The Balaban J connectivity index is 1.67. The first-order valence-corrected chi connectivity index (χ1v) is 10.8. The van der Waals surface area contributed by atoms with Gasteiger partial charge in [-0.2, -0.15) is 8.78 Å². The molecule has 0 aromatic heterocycles. The van der Waals surface area contributed by atoms with E-state index in [1.54, 1.807) is 0 Å². The van der Waals surface area contributed by atoms with Gasteiger partial charge < -0.3 is 4.74 Å². The molecule has 32 heavy (non-hydrogen) atoms. The van der Waals surface area contributed by atoms with Crippen molar-refractivity contribution in [3.05, 3.63) is 70.0 Å². The molecular formula is C24H25F7O. The maximum Gasteiger partial charge on any atom is 0.389 e. The predicted molar refractivity (Wildman–Crippen MR) is 106 cm³/mol. The third kappa shape index (κ3) is 5.63. The van der Waals surface area contributed by atoms with E-state index in [0.29, 0.717) is 23.6 Å². The first-order chi connectivity index (χ1) is 15.1.